The van der Waals surface area contributed by atoms with Crippen LogP contribution >= 0.6 is 27.5 Å². The van der Waals surface area contributed by atoms with E-state index in [2.05, 4.69) is 26.5 Å². The number of aryl methyl sites for hydroxylation is 2. The normalized spacial score (nSPS) is 12.2. The fourth-order valence-corrected chi connectivity index (χ4v) is 2.61. The third-order valence-electron chi connectivity index (χ3n) is 3.33. The molecule has 0 bridgehead atoms. The highest BCUT2D eigenvalue weighted by molar-refractivity contribution is 9.10. The van der Waals surface area contributed by atoms with Crippen LogP contribution in [-0.4, -0.2) is 18.2 Å². The minimum absolute atomic E-state index is 0.327. The number of nitrogens with one attached hydrogen (secondary N) is 1. The van der Waals surface area contributed by atoms with Crippen molar-refractivity contribution in [1.29, 1.82) is 0 Å². The van der Waals surface area contributed by atoms with Crippen molar-refractivity contribution >= 4 is 39.7 Å². The number of hydrazone groups is 1. The van der Waals surface area contributed by atoms with E-state index in [-0.39, 0.29) is 5.91 Å². The van der Waals surface area contributed by atoms with Crippen LogP contribution < -0.4 is 10.2 Å². The Balaban J connectivity index is 1.95. The number of ether oxygens (including phenoxy) is 1. The van der Waals surface area contributed by atoms with Gasteiger partial charge in [-0.3, -0.25) is 4.79 Å². The Bertz CT molecular complexity index is 754. The van der Waals surface area contributed by atoms with E-state index in [1.54, 1.807) is 13.1 Å². The Morgan fingerprint density at radius 1 is 1.29 bits per heavy atom. The van der Waals surface area contributed by atoms with Gasteiger partial charge in [0.15, 0.2) is 6.10 Å². The summed E-state index contributed by atoms with van der Waals surface area (Å²) in [6, 6.07) is 11.2. The monoisotopic (exact) mass is 408 g/mol. The Morgan fingerprint density at radius 3 is 2.58 bits per heavy atom. The molecule has 1 N–H and O–H groups in total. The van der Waals surface area contributed by atoms with Crippen LogP contribution in [0.4, 0.5) is 0 Å². The van der Waals surface area contributed by atoms with Gasteiger partial charge in [-0.2, -0.15) is 5.10 Å². The van der Waals surface area contributed by atoms with Gasteiger partial charge in [-0.1, -0.05) is 39.7 Å². The lowest BCUT2D eigenvalue weighted by Crippen LogP contribution is -2.33. The van der Waals surface area contributed by atoms with Crippen LogP contribution in [0.5, 0.6) is 5.75 Å². The van der Waals surface area contributed by atoms with Crippen LogP contribution in [0.15, 0.2) is 46.0 Å². The largest absolute Gasteiger partial charge is 0.481 e. The van der Waals surface area contributed by atoms with Crippen molar-refractivity contribution < 1.29 is 9.53 Å². The maximum Gasteiger partial charge on any atom is 0.280 e. The molecule has 1 unspecified atom stereocenters. The molecule has 0 aliphatic rings. The molecule has 0 aromatic heterocycles. The van der Waals surface area contributed by atoms with Gasteiger partial charge < -0.3 is 4.74 Å². The summed E-state index contributed by atoms with van der Waals surface area (Å²) in [5.41, 5.74) is 5.17. The molecule has 0 spiro atoms. The summed E-state index contributed by atoms with van der Waals surface area (Å²) in [5.74, 6) is 0.277. The molecule has 24 heavy (non-hydrogen) atoms. The summed E-state index contributed by atoms with van der Waals surface area (Å²) in [4.78, 5) is 12.1. The van der Waals surface area contributed by atoms with Gasteiger partial charge in [0.2, 0.25) is 0 Å². The average molecular weight is 410 g/mol. The Hall–Kier alpha value is -1.85. The fourth-order valence-electron chi connectivity index (χ4n) is 2.08. The van der Waals surface area contributed by atoms with Crippen LogP contribution in [-0.2, 0) is 4.79 Å². The first-order valence-corrected chi connectivity index (χ1v) is 8.56. The standard InChI is InChI=1S/C18H18BrClN2O2/c1-11-7-16(8-12(2)17(11)20)24-13(3)18(23)22-21-10-14-5-4-6-15(19)9-14/h4-10,13H,1-3H3,(H,22,23)/b21-10+. The third kappa shape index (κ3) is 5.08. The molecule has 0 radical (unpaired) electrons. The maximum absolute atomic E-state index is 12.1. The highest BCUT2D eigenvalue weighted by atomic mass is 79.9. The van der Waals surface area contributed by atoms with Gasteiger partial charge in [0.1, 0.15) is 5.75 Å². The summed E-state index contributed by atoms with van der Waals surface area (Å²) in [6.45, 7) is 5.47. The van der Waals surface area contributed by atoms with E-state index in [1.807, 2.05) is 50.2 Å². The van der Waals surface area contributed by atoms with Gasteiger partial charge in [-0.15, -0.1) is 0 Å². The van der Waals surface area contributed by atoms with E-state index >= 15 is 0 Å². The number of nitrogens with zero attached hydrogens (tertiary/aromatic N) is 1. The van der Waals surface area contributed by atoms with Crippen LogP contribution in [0.1, 0.15) is 23.6 Å². The predicted molar refractivity (Wildman–Crippen MR) is 101 cm³/mol. The predicted octanol–water partition coefficient (Wildman–Crippen LogP) is 4.64. The van der Waals surface area contributed by atoms with Crippen molar-refractivity contribution in [3.63, 3.8) is 0 Å². The van der Waals surface area contributed by atoms with Crippen molar-refractivity contribution in [3.05, 3.63) is 62.6 Å². The van der Waals surface area contributed by atoms with Crippen LogP contribution in [0.25, 0.3) is 0 Å². The van der Waals surface area contributed by atoms with Gasteiger partial charge in [-0.25, -0.2) is 5.43 Å². The minimum Gasteiger partial charge on any atom is -0.481 e. The molecule has 0 fully saturated rings. The highest BCUT2D eigenvalue weighted by Crippen LogP contribution is 2.26. The highest BCUT2D eigenvalue weighted by Gasteiger charge is 2.15. The first kappa shape index (κ1) is 18.5. The smallest absolute Gasteiger partial charge is 0.280 e. The lowest BCUT2D eigenvalue weighted by atomic mass is 10.1. The molecule has 2 aromatic carbocycles. The molecule has 126 valence electrons. The van der Waals surface area contributed by atoms with Crippen molar-refractivity contribution in [2.45, 2.75) is 26.9 Å². The lowest BCUT2D eigenvalue weighted by Gasteiger charge is -2.14. The lowest BCUT2D eigenvalue weighted by molar-refractivity contribution is -0.127. The zero-order chi connectivity index (χ0) is 17.7. The Morgan fingerprint density at radius 2 is 1.96 bits per heavy atom. The molecule has 2 aromatic rings. The first-order valence-electron chi connectivity index (χ1n) is 7.38. The maximum atomic E-state index is 12.1. The second-order valence-electron chi connectivity index (χ2n) is 5.42. The topological polar surface area (TPSA) is 50.7 Å². The zero-order valence-electron chi connectivity index (χ0n) is 13.6. The van der Waals surface area contributed by atoms with Gasteiger partial charge in [0.25, 0.3) is 5.91 Å². The van der Waals surface area contributed by atoms with E-state index in [4.69, 9.17) is 16.3 Å². The van der Waals surface area contributed by atoms with Gasteiger partial charge in [-0.05, 0) is 61.7 Å². The quantitative estimate of drug-likeness (QED) is 0.578. The molecule has 0 saturated carbocycles. The second-order valence-corrected chi connectivity index (χ2v) is 6.71. The Kier molecular flexibility index (Phi) is 6.40. The average Bonchev–Trinajstić information content (AvgIpc) is 2.52. The molecule has 4 nitrogen and oxygen atoms in total. The van der Waals surface area contributed by atoms with Crippen molar-refractivity contribution in [1.82, 2.24) is 5.43 Å². The number of hydrogen-bond donors (Lipinski definition) is 1. The summed E-state index contributed by atoms with van der Waals surface area (Å²) in [5, 5.41) is 4.65. The number of halogens is 2. The van der Waals surface area contributed by atoms with E-state index in [0.717, 1.165) is 21.2 Å². The van der Waals surface area contributed by atoms with Crippen LogP contribution in [0, 0.1) is 13.8 Å². The van der Waals surface area contributed by atoms with Gasteiger partial charge >= 0.3 is 0 Å². The zero-order valence-corrected chi connectivity index (χ0v) is 16.0. The molecular formula is C18H18BrClN2O2. The van der Waals surface area contributed by atoms with Crippen molar-refractivity contribution in [3.8, 4) is 5.75 Å². The SMILES string of the molecule is Cc1cc(OC(C)C(=O)N/N=C/c2cccc(Br)c2)cc(C)c1Cl. The molecule has 2 rings (SSSR count). The molecule has 0 heterocycles. The number of rotatable bonds is 5. The number of benzene rings is 2. The molecule has 0 aliphatic carbocycles. The van der Waals surface area contributed by atoms with Gasteiger partial charge in [0, 0.05) is 9.50 Å². The van der Waals surface area contributed by atoms with E-state index in [9.17, 15) is 4.79 Å². The number of carbonyl (C=O) groups excluding carboxylic acids is 1. The van der Waals surface area contributed by atoms with E-state index in [1.165, 1.54) is 0 Å². The minimum atomic E-state index is -0.676. The van der Waals surface area contributed by atoms with Crippen LogP contribution in [0.2, 0.25) is 5.02 Å². The second kappa shape index (κ2) is 8.31. The fraction of sp³-hybridized carbons (Fsp3) is 0.222. The third-order valence-corrected chi connectivity index (χ3v) is 4.42. The summed E-state index contributed by atoms with van der Waals surface area (Å²) in [6.07, 6.45) is 0.899. The number of carbonyl (C=O) groups is 1. The number of hydrogen-bond acceptors (Lipinski definition) is 3. The molecular weight excluding hydrogens is 392 g/mol. The summed E-state index contributed by atoms with van der Waals surface area (Å²) >= 11 is 9.51. The van der Waals surface area contributed by atoms with E-state index in [0.29, 0.717) is 10.8 Å². The Labute approximate surface area is 155 Å². The van der Waals surface area contributed by atoms with Crippen LogP contribution in [0.3, 0.4) is 0 Å². The molecule has 1 amide bonds. The molecule has 6 heteroatoms. The first-order chi connectivity index (χ1) is 11.4. The van der Waals surface area contributed by atoms with Crippen molar-refractivity contribution in [2.75, 3.05) is 0 Å². The van der Waals surface area contributed by atoms with Gasteiger partial charge in [0.05, 0.1) is 6.21 Å². The van der Waals surface area contributed by atoms with Crippen molar-refractivity contribution in [2.24, 2.45) is 5.10 Å². The summed E-state index contributed by atoms with van der Waals surface area (Å²) < 4.78 is 6.61. The molecule has 1 atom stereocenters. The molecule has 0 aliphatic heterocycles. The molecule has 0 saturated heterocycles. The van der Waals surface area contributed by atoms with E-state index < -0.39 is 6.10 Å². The number of amides is 1. The summed E-state index contributed by atoms with van der Waals surface area (Å²) in [7, 11) is 0.